The van der Waals surface area contributed by atoms with Crippen molar-refractivity contribution in [2.75, 3.05) is 18.1 Å². The molecule has 2 aliphatic carbocycles. The van der Waals surface area contributed by atoms with E-state index in [2.05, 4.69) is 65.6 Å². The lowest BCUT2D eigenvalue weighted by Crippen LogP contribution is -2.25. The van der Waals surface area contributed by atoms with E-state index in [1.54, 1.807) is 0 Å². The number of anilines is 1. The summed E-state index contributed by atoms with van der Waals surface area (Å²) >= 11 is 0. The molecule has 4 nitrogen and oxygen atoms in total. The van der Waals surface area contributed by atoms with Gasteiger partial charge in [-0.25, -0.2) is 0 Å². The Balaban J connectivity index is 1.51. The molecule has 4 heteroatoms. The number of hydrogen-bond donors (Lipinski definition) is 0. The SMILES string of the molecule is CC1(C)OCC(COC2=CCCC(N(C3=CCCC=C3)c3ccccc3)=C2)O1. The Morgan fingerprint density at radius 2 is 1.96 bits per heavy atom. The van der Waals surface area contributed by atoms with Gasteiger partial charge in [-0.05, 0) is 69.9 Å². The van der Waals surface area contributed by atoms with Crippen molar-refractivity contribution in [3.8, 4) is 0 Å². The molecule has 1 aromatic carbocycles. The fourth-order valence-electron chi connectivity index (χ4n) is 3.79. The molecule has 3 aliphatic rings. The molecular formula is C24H29NO3. The Hall–Kier alpha value is -2.30. The molecular weight excluding hydrogens is 350 g/mol. The highest BCUT2D eigenvalue weighted by molar-refractivity contribution is 5.61. The molecule has 0 aromatic heterocycles. The number of ether oxygens (including phenoxy) is 3. The van der Waals surface area contributed by atoms with Crippen molar-refractivity contribution in [1.29, 1.82) is 0 Å². The summed E-state index contributed by atoms with van der Waals surface area (Å²) in [5.74, 6) is 0.399. The van der Waals surface area contributed by atoms with E-state index < -0.39 is 5.79 Å². The zero-order valence-electron chi connectivity index (χ0n) is 16.8. The van der Waals surface area contributed by atoms with Gasteiger partial charge in [-0.15, -0.1) is 0 Å². The first-order chi connectivity index (χ1) is 13.6. The van der Waals surface area contributed by atoms with Crippen LogP contribution in [0.1, 0.15) is 39.5 Å². The van der Waals surface area contributed by atoms with Crippen LogP contribution in [0.15, 0.2) is 77.9 Å². The van der Waals surface area contributed by atoms with Gasteiger partial charge in [0, 0.05) is 17.1 Å². The molecule has 0 saturated carbocycles. The Kier molecular flexibility index (Phi) is 5.69. The summed E-state index contributed by atoms with van der Waals surface area (Å²) in [5, 5.41) is 0. The topological polar surface area (TPSA) is 30.9 Å². The molecule has 0 spiro atoms. The molecule has 148 valence electrons. The third kappa shape index (κ3) is 4.57. The molecule has 1 unspecified atom stereocenters. The highest BCUT2D eigenvalue weighted by Crippen LogP contribution is 2.32. The summed E-state index contributed by atoms with van der Waals surface area (Å²) in [6, 6.07) is 10.6. The fourth-order valence-corrected chi connectivity index (χ4v) is 3.79. The van der Waals surface area contributed by atoms with Gasteiger partial charge in [-0.3, -0.25) is 0 Å². The van der Waals surface area contributed by atoms with Gasteiger partial charge >= 0.3 is 0 Å². The molecule has 1 aromatic rings. The maximum Gasteiger partial charge on any atom is 0.163 e. The molecule has 28 heavy (non-hydrogen) atoms. The molecule has 0 amide bonds. The van der Waals surface area contributed by atoms with Crippen molar-refractivity contribution >= 4 is 5.69 Å². The number of nitrogens with zero attached hydrogens (tertiary/aromatic N) is 1. The van der Waals surface area contributed by atoms with Crippen molar-refractivity contribution < 1.29 is 14.2 Å². The third-order valence-corrected chi connectivity index (χ3v) is 5.09. The van der Waals surface area contributed by atoms with Gasteiger partial charge in [0.1, 0.15) is 18.5 Å². The number of para-hydroxylation sites is 1. The van der Waals surface area contributed by atoms with E-state index >= 15 is 0 Å². The van der Waals surface area contributed by atoms with Crippen LogP contribution in [0.3, 0.4) is 0 Å². The monoisotopic (exact) mass is 379 g/mol. The van der Waals surface area contributed by atoms with E-state index in [0.29, 0.717) is 13.2 Å². The van der Waals surface area contributed by atoms with Crippen LogP contribution >= 0.6 is 0 Å². The zero-order chi connectivity index (χ0) is 19.4. The average Bonchev–Trinajstić information content (AvgIpc) is 3.07. The van der Waals surface area contributed by atoms with Gasteiger partial charge < -0.3 is 19.1 Å². The predicted octanol–water partition coefficient (Wildman–Crippen LogP) is 5.46. The van der Waals surface area contributed by atoms with Crippen LogP contribution in [-0.4, -0.2) is 25.1 Å². The first-order valence-electron chi connectivity index (χ1n) is 10.2. The first kappa shape index (κ1) is 19.0. The quantitative estimate of drug-likeness (QED) is 0.657. The van der Waals surface area contributed by atoms with Gasteiger partial charge in [0.25, 0.3) is 0 Å². The summed E-state index contributed by atoms with van der Waals surface area (Å²) in [4.78, 5) is 2.35. The van der Waals surface area contributed by atoms with E-state index in [4.69, 9.17) is 14.2 Å². The van der Waals surface area contributed by atoms with Gasteiger partial charge in [-0.1, -0.05) is 30.4 Å². The highest BCUT2D eigenvalue weighted by Gasteiger charge is 2.33. The minimum absolute atomic E-state index is 0.0242. The van der Waals surface area contributed by atoms with Crippen LogP contribution in [0, 0.1) is 0 Å². The number of hydrogen-bond acceptors (Lipinski definition) is 4. The second-order valence-electron chi connectivity index (χ2n) is 7.82. The van der Waals surface area contributed by atoms with Gasteiger partial charge in [0.15, 0.2) is 5.79 Å². The number of allylic oxidation sites excluding steroid dienone is 6. The Bertz CT molecular complexity index is 804. The lowest BCUT2D eigenvalue weighted by atomic mass is 10.0. The number of rotatable bonds is 6. The third-order valence-electron chi connectivity index (χ3n) is 5.09. The molecule has 1 fully saturated rings. The van der Waals surface area contributed by atoms with Gasteiger partial charge in [-0.2, -0.15) is 0 Å². The smallest absolute Gasteiger partial charge is 0.163 e. The number of benzene rings is 1. The average molecular weight is 380 g/mol. The lowest BCUT2D eigenvalue weighted by Gasteiger charge is -2.31. The van der Waals surface area contributed by atoms with Crippen molar-refractivity contribution in [3.63, 3.8) is 0 Å². The van der Waals surface area contributed by atoms with E-state index in [1.165, 1.54) is 17.1 Å². The highest BCUT2D eigenvalue weighted by atomic mass is 16.7. The lowest BCUT2D eigenvalue weighted by molar-refractivity contribution is -0.143. The Morgan fingerprint density at radius 1 is 1.11 bits per heavy atom. The van der Waals surface area contributed by atoms with Crippen LogP contribution < -0.4 is 4.90 Å². The normalized spacial score (nSPS) is 23.6. The molecule has 0 N–H and O–H groups in total. The van der Waals surface area contributed by atoms with Gasteiger partial charge in [0.05, 0.1) is 6.61 Å². The molecule has 1 atom stereocenters. The molecule has 4 rings (SSSR count). The summed E-state index contributed by atoms with van der Waals surface area (Å²) < 4.78 is 17.6. The summed E-state index contributed by atoms with van der Waals surface area (Å²) in [5.41, 5.74) is 3.67. The van der Waals surface area contributed by atoms with Crippen LogP contribution in [-0.2, 0) is 14.2 Å². The minimum Gasteiger partial charge on any atom is -0.491 e. The molecule has 1 heterocycles. The van der Waals surface area contributed by atoms with Crippen molar-refractivity contribution in [3.05, 3.63) is 77.9 Å². The van der Waals surface area contributed by atoms with Crippen LogP contribution in [0.4, 0.5) is 5.69 Å². The largest absolute Gasteiger partial charge is 0.491 e. The molecule has 0 bridgehead atoms. The maximum atomic E-state index is 6.08. The fraction of sp³-hybridized carbons (Fsp3) is 0.417. The van der Waals surface area contributed by atoms with Crippen molar-refractivity contribution in [1.82, 2.24) is 0 Å². The maximum absolute atomic E-state index is 6.08. The predicted molar refractivity (Wildman–Crippen MR) is 112 cm³/mol. The summed E-state index contributed by atoms with van der Waals surface area (Å²) in [6.45, 7) is 4.96. The Labute approximate surface area is 167 Å². The first-order valence-corrected chi connectivity index (χ1v) is 10.2. The van der Waals surface area contributed by atoms with Crippen LogP contribution in [0.25, 0.3) is 0 Å². The van der Waals surface area contributed by atoms with Crippen LogP contribution in [0.2, 0.25) is 0 Å². The van der Waals surface area contributed by atoms with E-state index in [0.717, 1.165) is 31.4 Å². The van der Waals surface area contributed by atoms with Crippen LogP contribution in [0.5, 0.6) is 0 Å². The Morgan fingerprint density at radius 3 is 2.68 bits per heavy atom. The van der Waals surface area contributed by atoms with Crippen molar-refractivity contribution in [2.45, 2.75) is 51.4 Å². The minimum atomic E-state index is -0.514. The summed E-state index contributed by atoms with van der Waals surface area (Å²) in [7, 11) is 0. The van der Waals surface area contributed by atoms with E-state index in [-0.39, 0.29) is 6.10 Å². The molecule has 1 aliphatic heterocycles. The summed E-state index contributed by atoms with van der Waals surface area (Å²) in [6.07, 6.45) is 15.2. The van der Waals surface area contributed by atoms with E-state index in [1.807, 2.05) is 13.8 Å². The van der Waals surface area contributed by atoms with Gasteiger partial charge in [0.2, 0.25) is 0 Å². The molecule has 1 saturated heterocycles. The van der Waals surface area contributed by atoms with E-state index in [9.17, 15) is 0 Å². The van der Waals surface area contributed by atoms with Crippen molar-refractivity contribution in [2.24, 2.45) is 0 Å². The second-order valence-corrected chi connectivity index (χ2v) is 7.82. The standard InChI is InChI=1S/C24H29NO3/c1-24(2)27-18-23(28-24)17-26-22-15-9-14-21(16-22)25(19-10-5-3-6-11-19)20-12-7-4-8-13-20/h3,5-7,10-13,15-16,23H,4,8-9,14,17-18H2,1-2H3. The second kappa shape index (κ2) is 8.38. The molecule has 0 radical (unpaired) electrons. The zero-order valence-corrected chi connectivity index (χ0v) is 16.8.